The zero-order chi connectivity index (χ0) is 7.98. The van der Waals surface area contributed by atoms with Gasteiger partial charge >= 0.3 is 0 Å². The van der Waals surface area contributed by atoms with Crippen LogP contribution in [-0.2, 0) is 0 Å². The van der Waals surface area contributed by atoms with E-state index < -0.39 is 0 Å². The molecule has 0 fully saturated rings. The Labute approximate surface area is 63.3 Å². The van der Waals surface area contributed by atoms with Crippen LogP contribution in [0.5, 0.6) is 0 Å². The highest BCUT2D eigenvalue weighted by Gasteiger charge is 1.93. The molecule has 0 rings (SSSR count). The lowest BCUT2D eigenvalue weighted by Crippen LogP contribution is -2.08. The van der Waals surface area contributed by atoms with Gasteiger partial charge in [-0.2, -0.15) is 0 Å². The fraction of sp³-hybridized carbons (Fsp3) is 0.333. The molecular weight excluding hydrogens is 122 g/mol. The Morgan fingerprint density at radius 2 is 2.10 bits per heavy atom. The van der Waals surface area contributed by atoms with E-state index in [-0.39, 0.29) is 0 Å². The van der Waals surface area contributed by atoms with E-state index in [1.54, 1.807) is 12.3 Å². The van der Waals surface area contributed by atoms with E-state index in [0.717, 1.165) is 6.42 Å². The minimum atomic E-state index is 1.01. The summed E-state index contributed by atoms with van der Waals surface area (Å²) in [6.07, 6.45) is 6.58. The van der Waals surface area contributed by atoms with Crippen molar-refractivity contribution in [1.82, 2.24) is 4.90 Å². The lowest BCUT2D eigenvalue weighted by atomic mass is 10.3. The molecular formula is C9H15N. The quantitative estimate of drug-likeness (QED) is 0.538. The highest BCUT2D eigenvalue weighted by molar-refractivity contribution is 5.10. The molecule has 0 spiro atoms. The molecule has 1 nitrogen and oxygen atoms in total. The van der Waals surface area contributed by atoms with Crippen molar-refractivity contribution < 1.29 is 0 Å². The molecule has 0 saturated carbocycles. The maximum atomic E-state index is 3.66. The normalized spacial score (nSPS) is 10.8. The molecule has 0 unspecified atom stereocenters. The van der Waals surface area contributed by atoms with Gasteiger partial charge in [-0.15, -0.1) is 0 Å². The van der Waals surface area contributed by atoms with Gasteiger partial charge in [0.1, 0.15) is 0 Å². The number of nitrogens with zero attached hydrogens (tertiary/aromatic N) is 1. The molecule has 0 N–H and O–H groups in total. The first-order valence-electron chi connectivity index (χ1n) is 3.43. The highest BCUT2D eigenvalue weighted by atomic mass is 15.1. The molecule has 0 amide bonds. The second-order valence-electron chi connectivity index (χ2n) is 2.04. The van der Waals surface area contributed by atoms with Crippen molar-refractivity contribution in [2.45, 2.75) is 13.3 Å². The molecule has 0 aliphatic carbocycles. The molecule has 0 aromatic carbocycles. The summed E-state index contributed by atoms with van der Waals surface area (Å²) in [6, 6.07) is 0. The van der Waals surface area contributed by atoms with E-state index in [0.29, 0.717) is 0 Å². The summed E-state index contributed by atoms with van der Waals surface area (Å²) in [6.45, 7) is 9.40. The van der Waals surface area contributed by atoms with Crippen LogP contribution in [0.3, 0.4) is 0 Å². The van der Waals surface area contributed by atoms with Crippen molar-refractivity contribution in [2.24, 2.45) is 0 Å². The van der Waals surface area contributed by atoms with Gasteiger partial charge in [-0.3, -0.25) is 0 Å². The second-order valence-corrected chi connectivity index (χ2v) is 2.04. The molecule has 0 aliphatic heterocycles. The van der Waals surface area contributed by atoms with Crippen molar-refractivity contribution in [3.8, 4) is 0 Å². The Morgan fingerprint density at radius 3 is 2.40 bits per heavy atom. The van der Waals surface area contributed by atoms with Gasteiger partial charge in [0, 0.05) is 12.7 Å². The van der Waals surface area contributed by atoms with Crippen molar-refractivity contribution in [2.75, 3.05) is 7.05 Å². The average molecular weight is 137 g/mol. The molecule has 0 aromatic rings. The second kappa shape index (κ2) is 4.86. The number of hydrogen-bond donors (Lipinski definition) is 0. The third-order valence-corrected chi connectivity index (χ3v) is 1.40. The summed E-state index contributed by atoms with van der Waals surface area (Å²) < 4.78 is 0. The van der Waals surface area contributed by atoms with Gasteiger partial charge in [0.05, 0.1) is 0 Å². The third kappa shape index (κ3) is 2.53. The van der Waals surface area contributed by atoms with Gasteiger partial charge in [0.15, 0.2) is 0 Å². The summed E-state index contributed by atoms with van der Waals surface area (Å²) >= 11 is 0. The van der Waals surface area contributed by atoms with Crippen LogP contribution >= 0.6 is 0 Å². The lowest BCUT2D eigenvalue weighted by Gasteiger charge is -2.15. The van der Waals surface area contributed by atoms with Crippen LogP contribution in [0.1, 0.15) is 13.3 Å². The Morgan fingerprint density at radius 1 is 1.50 bits per heavy atom. The minimum absolute atomic E-state index is 1.01. The summed E-state index contributed by atoms with van der Waals surface area (Å²) in [7, 11) is 1.98. The van der Waals surface area contributed by atoms with E-state index in [9.17, 15) is 0 Å². The van der Waals surface area contributed by atoms with E-state index in [4.69, 9.17) is 0 Å². The molecule has 0 atom stereocenters. The van der Waals surface area contributed by atoms with Crippen LogP contribution in [0.4, 0.5) is 0 Å². The van der Waals surface area contributed by atoms with Crippen LogP contribution < -0.4 is 0 Å². The van der Waals surface area contributed by atoms with Gasteiger partial charge in [0.25, 0.3) is 0 Å². The van der Waals surface area contributed by atoms with Gasteiger partial charge in [-0.05, 0) is 18.7 Å². The van der Waals surface area contributed by atoms with E-state index in [2.05, 4.69) is 20.1 Å². The molecule has 0 heterocycles. The van der Waals surface area contributed by atoms with E-state index >= 15 is 0 Å². The third-order valence-electron chi connectivity index (χ3n) is 1.40. The topological polar surface area (TPSA) is 3.24 Å². The number of allylic oxidation sites excluding steroid dienone is 3. The molecule has 0 aromatic heterocycles. The predicted molar refractivity (Wildman–Crippen MR) is 46.5 cm³/mol. The van der Waals surface area contributed by atoms with E-state index in [1.807, 2.05) is 18.0 Å². The largest absolute Gasteiger partial charge is 0.355 e. The fourth-order valence-corrected chi connectivity index (χ4v) is 0.738. The van der Waals surface area contributed by atoms with Crippen molar-refractivity contribution in [1.29, 1.82) is 0 Å². The van der Waals surface area contributed by atoms with Gasteiger partial charge in [-0.1, -0.05) is 26.2 Å². The SMILES string of the molecule is C=C/C=C(\CC)N(C)C=C. The molecule has 56 valence electrons. The zero-order valence-electron chi connectivity index (χ0n) is 6.80. The van der Waals surface area contributed by atoms with Gasteiger partial charge in [0.2, 0.25) is 0 Å². The Kier molecular flexibility index (Phi) is 4.38. The lowest BCUT2D eigenvalue weighted by molar-refractivity contribution is 0.548. The standard InChI is InChI=1S/C9H15N/c1-5-8-9(6-2)10(4)7-3/h5,7-8H,1,3,6H2,2,4H3/b9-8+. The monoisotopic (exact) mass is 137 g/mol. The van der Waals surface area contributed by atoms with Crippen LogP contribution in [0.25, 0.3) is 0 Å². The average Bonchev–Trinajstić information content (AvgIpc) is 1.99. The molecule has 0 aliphatic rings. The zero-order valence-corrected chi connectivity index (χ0v) is 6.80. The molecule has 0 radical (unpaired) electrons. The van der Waals surface area contributed by atoms with Crippen molar-refractivity contribution in [3.63, 3.8) is 0 Å². The molecule has 10 heavy (non-hydrogen) atoms. The van der Waals surface area contributed by atoms with Crippen LogP contribution in [0.2, 0.25) is 0 Å². The highest BCUT2D eigenvalue weighted by Crippen LogP contribution is 2.05. The first-order valence-corrected chi connectivity index (χ1v) is 3.43. The predicted octanol–water partition coefficient (Wildman–Crippen LogP) is 2.54. The minimum Gasteiger partial charge on any atom is -0.355 e. The van der Waals surface area contributed by atoms with Gasteiger partial charge < -0.3 is 4.90 Å². The molecule has 0 saturated heterocycles. The first-order chi connectivity index (χ1) is 4.76. The van der Waals surface area contributed by atoms with Gasteiger partial charge in [-0.25, -0.2) is 0 Å². The smallest absolute Gasteiger partial charge is 0.0168 e. The summed E-state index contributed by atoms with van der Waals surface area (Å²) in [5.41, 5.74) is 1.23. The summed E-state index contributed by atoms with van der Waals surface area (Å²) in [4.78, 5) is 1.99. The fourth-order valence-electron chi connectivity index (χ4n) is 0.738. The molecule has 0 bridgehead atoms. The van der Waals surface area contributed by atoms with Crippen molar-refractivity contribution in [3.05, 3.63) is 37.2 Å². The summed E-state index contributed by atoms with van der Waals surface area (Å²) in [5.74, 6) is 0. The van der Waals surface area contributed by atoms with Crippen LogP contribution in [-0.4, -0.2) is 11.9 Å². The van der Waals surface area contributed by atoms with Crippen LogP contribution in [0, 0.1) is 0 Å². The maximum Gasteiger partial charge on any atom is 0.0168 e. The number of hydrogen-bond acceptors (Lipinski definition) is 1. The van der Waals surface area contributed by atoms with E-state index in [1.165, 1.54) is 5.70 Å². The maximum absolute atomic E-state index is 3.66. The Bertz CT molecular complexity index is 145. The number of rotatable bonds is 4. The van der Waals surface area contributed by atoms with Crippen molar-refractivity contribution >= 4 is 0 Å². The Balaban J connectivity index is 4.18. The first kappa shape index (κ1) is 9.02. The van der Waals surface area contributed by atoms with Crippen LogP contribution in [0.15, 0.2) is 37.2 Å². The Hall–Kier alpha value is -0.980. The summed E-state index contributed by atoms with van der Waals surface area (Å²) in [5, 5.41) is 0. The molecule has 1 heteroatoms.